The van der Waals surface area contributed by atoms with E-state index in [9.17, 15) is 4.39 Å². The monoisotopic (exact) mass is 165 g/mol. The molecule has 1 aromatic rings. The van der Waals surface area contributed by atoms with E-state index in [2.05, 4.69) is 6.58 Å². The van der Waals surface area contributed by atoms with Gasteiger partial charge in [-0.2, -0.15) is 0 Å². The summed E-state index contributed by atoms with van der Waals surface area (Å²) in [5, 5.41) is 0. The summed E-state index contributed by atoms with van der Waals surface area (Å²) < 4.78 is 12.5. The molecule has 1 unspecified atom stereocenters. The average molecular weight is 165 g/mol. The zero-order valence-corrected chi connectivity index (χ0v) is 6.83. The Labute approximate surface area is 71.7 Å². The van der Waals surface area contributed by atoms with Crippen LogP contribution in [0, 0.1) is 5.82 Å². The van der Waals surface area contributed by atoms with Gasteiger partial charge in [0.2, 0.25) is 0 Å². The first-order valence-corrected chi connectivity index (χ1v) is 3.85. The van der Waals surface area contributed by atoms with Crippen molar-refractivity contribution in [3.63, 3.8) is 0 Å². The Kier molecular flexibility index (Phi) is 3.00. The molecule has 0 saturated heterocycles. The van der Waals surface area contributed by atoms with Gasteiger partial charge < -0.3 is 5.73 Å². The van der Waals surface area contributed by atoms with Crippen molar-refractivity contribution >= 4 is 0 Å². The molecule has 1 aromatic carbocycles. The average Bonchev–Trinajstić information content (AvgIpc) is 2.09. The van der Waals surface area contributed by atoms with Crippen LogP contribution in [-0.4, -0.2) is 6.04 Å². The van der Waals surface area contributed by atoms with Crippen LogP contribution in [-0.2, 0) is 6.42 Å². The summed E-state index contributed by atoms with van der Waals surface area (Å²) in [6.45, 7) is 3.58. The highest BCUT2D eigenvalue weighted by Crippen LogP contribution is 2.04. The molecule has 0 aromatic heterocycles. The Hall–Kier alpha value is -1.15. The first kappa shape index (κ1) is 8.94. The van der Waals surface area contributed by atoms with Crippen LogP contribution < -0.4 is 5.73 Å². The number of benzene rings is 1. The fourth-order valence-electron chi connectivity index (χ4n) is 0.976. The van der Waals surface area contributed by atoms with Crippen LogP contribution in [0.5, 0.6) is 0 Å². The Morgan fingerprint density at radius 1 is 1.42 bits per heavy atom. The third kappa shape index (κ3) is 2.47. The lowest BCUT2D eigenvalue weighted by molar-refractivity contribution is 0.626. The highest BCUT2D eigenvalue weighted by molar-refractivity contribution is 5.17. The van der Waals surface area contributed by atoms with Gasteiger partial charge in [-0.25, -0.2) is 4.39 Å². The number of hydrogen-bond donors (Lipinski definition) is 1. The van der Waals surface area contributed by atoms with E-state index in [0.717, 1.165) is 5.56 Å². The van der Waals surface area contributed by atoms with E-state index < -0.39 is 0 Å². The molecule has 2 N–H and O–H groups in total. The van der Waals surface area contributed by atoms with Crippen LogP contribution in [0.4, 0.5) is 4.39 Å². The first-order chi connectivity index (χ1) is 5.72. The summed E-state index contributed by atoms with van der Waals surface area (Å²) in [4.78, 5) is 0. The minimum Gasteiger partial charge on any atom is -0.324 e. The minimum absolute atomic E-state index is 0.0459. The lowest BCUT2D eigenvalue weighted by Crippen LogP contribution is -2.19. The van der Waals surface area contributed by atoms with Crippen molar-refractivity contribution in [2.45, 2.75) is 12.5 Å². The van der Waals surface area contributed by atoms with Crippen molar-refractivity contribution in [3.05, 3.63) is 48.3 Å². The molecular formula is C10H12FN. The fraction of sp³-hybridized carbons (Fsp3) is 0.200. The molecule has 0 heterocycles. The van der Waals surface area contributed by atoms with Crippen LogP contribution in [0.2, 0.25) is 0 Å². The van der Waals surface area contributed by atoms with E-state index in [1.165, 1.54) is 12.1 Å². The van der Waals surface area contributed by atoms with Gasteiger partial charge in [0.25, 0.3) is 0 Å². The molecule has 12 heavy (non-hydrogen) atoms. The van der Waals surface area contributed by atoms with E-state index in [1.807, 2.05) is 0 Å². The van der Waals surface area contributed by atoms with Crippen LogP contribution in [0.15, 0.2) is 36.9 Å². The van der Waals surface area contributed by atoms with Crippen molar-refractivity contribution in [1.82, 2.24) is 0 Å². The molecule has 0 amide bonds. The van der Waals surface area contributed by atoms with Crippen molar-refractivity contribution < 1.29 is 4.39 Å². The maximum Gasteiger partial charge on any atom is 0.123 e. The summed E-state index contributed by atoms with van der Waals surface area (Å²) in [7, 11) is 0. The van der Waals surface area contributed by atoms with Gasteiger partial charge in [-0.1, -0.05) is 18.2 Å². The third-order valence-electron chi connectivity index (χ3n) is 1.69. The lowest BCUT2D eigenvalue weighted by atomic mass is 10.1. The van der Waals surface area contributed by atoms with Crippen LogP contribution in [0.3, 0.4) is 0 Å². The van der Waals surface area contributed by atoms with Gasteiger partial charge in [0, 0.05) is 6.04 Å². The number of halogens is 1. The zero-order chi connectivity index (χ0) is 8.97. The molecule has 0 radical (unpaired) electrons. The number of nitrogens with two attached hydrogens (primary N) is 1. The van der Waals surface area contributed by atoms with Crippen LogP contribution in [0.25, 0.3) is 0 Å². The number of hydrogen-bond acceptors (Lipinski definition) is 1. The number of rotatable bonds is 3. The van der Waals surface area contributed by atoms with E-state index in [0.29, 0.717) is 6.42 Å². The fourth-order valence-corrected chi connectivity index (χ4v) is 0.976. The van der Waals surface area contributed by atoms with Crippen LogP contribution >= 0.6 is 0 Å². The maximum atomic E-state index is 12.5. The second-order valence-electron chi connectivity index (χ2n) is 2.73. The van der Waals surface area contributed by atoms with E-state index in [1.54, 1.807) is 18.2 Å². The second kappa shape index (κ2) is 4.02. The Morgan fingerprint density at radius 2 is 2.00 bits per heavy atom. The quantitative estimate of drug-likeness (QED) is 0.680. The molecule has 0 spiro atoms. The SMILES string of the molecule is C=CC(N)Cc1ccc(F)cc1. The van der Waals surface area contributed by atoms with Gasteiger partial charge in [-0.05, 0) is 24.1 Å². The molecule has 1 atom stereocenters. The second-order valence-corrected chi connectivity index (χ2v) is 2.73. The lowest BCUT2D eigenvalue weighted by Gasteiger charge is -2.04. The zero-order valence-electron chi connectivity index (χ0n) is 6.83. The molecule has 0 fully saturated rings. The van der Waals surface area contributed by atoms with Crippen LogP contribution in [0.1, 0.15) is 5.56 Å². The van der Waals surface area contributed by atoms with E-state index in [4.69, 9.17) is 5.73 Å². The van der Waals surface area contributed by atoms with Crippen molar-refractivity contribution in [2.75, 3.05) is 0 Å². The smallest absolute Gasteiger partial charge is 0.123 e. The highest BCUT2D eigenvalue weighted by atomic mass is 19.1. The topological polar surface area (TPSA) is 26.0 Å². The predicted molar refractivity (Wildman–Crippen MR) is 48.3 cm³/mol. The van der Waals surface area contributed by atoms with Gasteiger partial charge in [0.15, 0.2) is 0 Å². The van der Waals surface area contributed by atoms with E-state index >= 15 is 0 Å². The molecule has 0 bridgehead atoms. The molecule has 0 aliphatic carbocycles. The van der Waals surface area contributed by atoms with Gasteiger partial charge >= 0.3 is 0 Å². The van der Waals surface area contributed by atoms with Gasteiger partial charge in [-0.15, -0.1) is 6.58 Å². The molecule has 0 aliphatic heterocycles. The van der Waals surface area contributed by atoms with Gasteiger partial charge in [0.05, 0.1) is 0 Å². The van der Waals surface area contributed by atoms with Gasteiger partial charge in [0.1, 0.15) is 5.82 Å². The largest absolute Gasteiger partial charge is 0.324 e. The summed E-state index contributed by atoms with van der Waals surface area (Å²) in [6.07, 6.45) is 2.40. The molecule has 1 rings (SSSR count). The van der Waals surface area contributed by atoms with Crippen molar-refractivity contribution in [1.29, 1.82) is 0 Å². The maximum absolute atomic E-state index is 12.5. The van der Waals surface area contributed by atoms with E-state index in [-0.39, 0.29) is 11.9 Å². The molecule has 1 nitrogen and oxygen atoms in total. The van der Waals surface area contributed by atoms with Crippen molar-refractivity contribution in [3.8, 4) is 0 Å². The predicted octanol–water partition coefficient (Wildman–Crippen LogP) is 1.88. The normalized spacial score (nSPS) is 12.5. The molecule has 0 saturated carbocycles. The Bertz CT molecular complexity index is 253. The highest BCUT2D eigenvalue weighted by Gasteiger charge is 1.98. The molecule has 64 valence electrons. The summed E-state index contributed by atoms with van der Waals surface area (Å²) in [5.41, 5.74) is 6.66. The summed E-state index contributed by atoms with van der Waals surface area (Å²) in [5.74, 6) is -0.217. The Morgan fingerprint density at radius 3 is 2.50 bits per heavy atom. The molecular weight excluding hydrogens is 153 g/mol. The third-order valence-corrected chi connectivity index (χ3v) is 1.69. The standard InChI is InChI=1S/C10H12FN/c1-2-10(12)7-8-3-5-9(11)6-4-8/h2-6,10H,1,7,12H2. The summed E-state index contributed by atoms with van der Waals surface area (Å²) >= 11 is 0. The Balaban J connectivity index is 2.64. The molecule has 2 heteroatoms. The summed E-state index contributed by atoms with van der Waals surface area (Å²) in [6, 6.07) is 6.30. The minimum atomic E-state index is -0.217. The molecule has 0 aliphatic rings. The van der Waals surface area contributed by atoms with Crippen molar-refractivity contribution in [2.24, 2.45) is 5.73 Å². The first-order valence-electron chi connectivity index (χ1n) is 3.85. The van der Waals surface area contributed by atoms with Gasteiger partial charge in [-0.3, -0.25) is 0 Å².